The van der Waals surface area contributed by atoms with Gasteiger partial charge in [0.05, 0.1) is 0 Å². The first-order valence-corrected chi connectivity index (χ1v) is 4.91. The summed E-state index contributed by atoms with van der Waals surface area (Å²) in [5, 5.41) is 18.7. The number of carboxylic acids is 1. The summed E-state index contributed by atoms with van der Waals surface area (Å²) in [6.07, 6.45) is 0. The Labute approximate surface area is 96.7 Å². The first-order valence-electron chi connectivity index (χ1n) is 4.91. The van der Waals surface area contributed by atoms with Crippen molar-refractivity contribution in [1.29, 1.82) is 5.26 Å². The molecule has 1 unspecified atom stereocenters. The number of aliphatic carboxylic acids is 1. The number of carboxylic acid groups (broad SMARTS) is 1. The van der Waals surface area contributed by atoms with Crippen LogP contribution in [0.15, 0.2) is 42.5 Å². The molecule has 4 heteroatoms. The van der Waals surface area contributed by atoms with E-state index >= 15 is 0 Å². The second kappa shape index (κ2) is 3.87. The molecule has 0 bridgehead atoms. The summed E-state index contributed by atoms with van der Waals surface area (Å²) < 4.78 is 14.1. The molecule has 0 saturated carbocycles. The Morgan fingerprint density at radius 3 is 2.53 bits per heavy atom. The molecule has 0 heterocycles. The van der Waals surface area contributed by atoms with Crippen molar-refractivity contribution >= 4 is 16.7 Å². The number of hydrogen-bond acceptors (Lipinski definition) is 2. The van der Waals surface area contributed by atoms with E-state index in [1.807, 2.05) is 0 Å². The zero-order chi connectivity index (χ0) is 12.5. The lowest BCUT2D eigenvalue weighted by Gasteiger charge is -2.14. The lowest BCUT2D eigenvalue weighted by Crippen LogP contribution is -2.29. The summed E-state index contributed by atoms with van der Waals surface area (Å²) in [6, 6.07) is 12.6. The minimum Gasteiger partial charge on any atom is -0.478 e. The molecule has 1 N–H and O–H groups in total. The van der Waals surface area contributed by atoms with Gasteiger partial charge in [-0.25, -0.2) is 9.18 Å². The van der Waals surface area contributed by atoms with Crippen LogP contribution >= 0.6 is 0 Å². The molecule has 3 nitrogen and oxygen atoms in total. The fourth-order valence-electron chi connectivity index (χ4n) is 1.75. The summed E-state index contributed by atoms with van der Waals surface area (Å²) in [6.45, 7) is 0. The Hall–Kier alpha value is -2.41. The molecule has 0 aliphatic rings. The molecule has 0 aliphatic heterocycles. The van der Waals surface area contributed by atoms with Gasteiger partial charge in [0.25, 0.3) is 0 Å². The molecule has 0 aromatic heterocycles. The highest BCUT2D eigenvalue weighted by atomic mass is 19.1. The highest BCUT2D eigenvalue weighted by Crippen LogP contribution is 2.31. The first-order chi connectivity index (χ1) is 8.09. The van der Waals surface area contributed by atoms with Gasteiger partial charge in [-0.1, -0.05) is 42.5 Å². The third-order valence-corrected chi connectivity index (χ3v) is 2.61. The predicted octanol–water partition coefficient (Wildman–Crippen LogP) is 2.61. The number of alkyl halides is 1. The van der Waals surface area contributed by atoms with Crippen molar-refractivity contribution in [3.8, 4) is 6.07 Å². The van der Waals surface area contributed by atoms with Crippen LogP contribution in [0.4, 0.5) is 4.39 Å². The second-order valence-electron chi connectivity index (χ2n) is 3.60. The Bertz CT molecular complexity index is 627. The molecular formula is C13H8FNO2. The number of nitrogens with zero attached hydrogens (tertiary/aromatic N) is 1. The molecule has 84 valence electrons. The van der Waals surface area contributed by atoms with Gasteiger partial charge in [-0.2, -0.15) is 5.26 Å². The number of benzene rings is 2. The van der Waals surface area contributed by atoms with Crippen LogP contribution in [0.1, 0.15) is 5.56 Å². The fourth-order valence-corrected chi connectivity index (χ4v) is 1.75. The van der Waals surface area contributed by atoms with Crippen molar-refractivity contribution in [2.75, 3.05) is 0 Å². The third-order valence-electron chi connectivity index (χ3n) is 2.61. The molecule has 0 spiro atoms. The zero-order valence-corrected chi connectivity index (χ0v) is 8.72. The largest absolute Gasteiger partial charge is 0.478 e. The van der Waals surface area contributed by atoms with E-state index < -0.39 is 11.6 Å². The minimum absolute atomic E-state index is 0.134. The van der Waals surface area contributed by atoms with Crippen LogP contribution in [0.2, 0.25) is 0 Å². The van der Waals surface area contributed by atoms with Crippen molar-refractivity contribution in [2.24, 2.45) is 0 Å². The van der Waals surface area contributed by atoms with Crippen molar-refractivity contribution in [3.63, 3.8) is 0 Å². The zero-order valence-electron chi connectivity index (χ0n) is 8.72. The van der Waals surface area contributed by atoms with Gasteiger partial charge in [0, 0.05) is 5.56 Å². The first kappa shape index (κ1) is 11.1. The number of halogens is 1. The lowest BCUT2D eigenvalue weighted by atomic mass is 9.92. The molecule has 1 atom stereocenters. The average Bonchev–Trinajstić information content (AvgIpc) is 2.37. The predicted molar refractivity (Wildman–Crippen MR) is 60.0 cm³/mol. The van der Waals surface area contributed by atoms with Crippen LogP contribution < -0.4 is 0 Å². The molecule has 2 aromatic carbocycles. The summed E-state index contributed by atoms with van der Waals surface area (Å²) in [4.78, 5) is 10.9. The van der Waals surface area contributed by atoms with Gasteiger partial charge < -0.3 is 5.11 Å². The maximum absolute atomic E-state index is 14.1. The van der Waals surface area contributed by atoms with Crippen LogP contribution in [0.5, 0.6) is 0 Å². The topological polar surface area (TPSA) is 61.1 Å². The van der Waals surface area contributed by atoms with E-state index in [1.165, 1.54) is 18.2 Å². The third kappa shape index (κ3) is 1.62. The van der Waals surface area contributed by atoms with Crippen LogP contribution in [0.25, 0.3) is 10.8 Å². The van der Waals surface area contributed by atoms with Gasteiger partial charge in [0.2, 0.25) is 0 Å². The smallest absolute Gasteiger partial charge is 0.361 e. The van der Waals surface area contributed by atoms with Crippen LogP contribution in [-0.2, 0) is 10.5 Å². The highest BCUT2D eigenvalue weighted by molar-refractivity contribution is 5.93. The maximum Gasteiger partial charge on any atom is 0.361 e. The van der Waals surface area contributed by atoms with Gasteiger partial charge in [-0.3, -0.25) is 0 Å². The van der Waals surface area contributed by atoms with E-state index in [0.717, 1.165) is 0 Å². The van der Waals surface area contributed by atoms with Gasteiger partial charge in [-0.15, -0.1) is 0 Å². The van der Waals surface area contributed by atoms with E-state index in [-0.39, 0.29) is 5.56 Å². The SMILES string of the molecule is N#CC(F)(C(=O)O)c1cccc2ccccc12. The highest BCUT2D eigenvalue weighted by Gasteiger charge is 2.42. The number of carbonyl (C=O) groups is 1. The van der Waals surface area contributed by atoms with Crippen LogP contribution in [-0.4, -0.2) is 11.1 Å². The minimum atomic E-state index is -3.01. The number of rotatable bonds is 2. The molecule has 0 amide bonds. The number of hydrogen-bond donors (Lipinski definition) is 1. The standard InChI is InChI=1S/C13H8FNO2/c14-13(8-15,12(16)17)11-7-3-5-9-4-1-2-6-10(9)11/h1-7H,(H,16,17). The van der Waals surface area contributed by atoms with E-state index in [1.54, 1.807) is 30.3 Å². The molecule has 0 fully saturated rings. The normalized spacial score (nSPS) is 13.9. The molecule has 0 aliphatic carbocycles. The molecular weight excluding hydrogens is 221 g/mol. The van der Waals surface area contributed by atoms with Gasteiger partial charge >= 0.3 is 11.6 Å². The van der Waals surface area contributed by atoms with E-state index in [4.69, 9.17) is 10.4 Å². The van der Waals surface area contributed by atoms with Crippen molar-refractivity contribution in [3.05, 3.63) is 48.0 Å². The Morgan fingerprint density at radius 1 is 1.24 bits per heavy atom. The van der Waals surface area contributed by atoms with E-state index in [9.17, 15) is 9.18 Å². The summed E-state index contributed by atoms with van der Waals surface area (Å²) >= 11 is 0. The van der Waals surface area contributed by atoms with Crippen LogP contribution in [0.3, 0.4) is 0 Å². The quantitative estimate of drug-likeness (QED) is 0.860. The number of fused-ring (bicyclic) bond motifs is 1. The van der Waals surface area contributed by atoms with E-state index in [2.05, 4.69) is 0 Å². The Kier molecular flexibility index (Phi) is 2.52. The summed E-state index contributed by atoms with van der Waals surface area (Å²) in [7, 11) is 0. The molecule has 17 heavy (non-hydrogen) atoms. The Balaban J connectivity index is 2.80. The molecule has 2 aromatic rings. The van der Waals surface area contributed by atoms with Crippen molar-refractivity contribution in [1.82, 2.24) is 0 Å². The Morgan fingerprint density at radius 2 is 1.88 bits per heavy atom. The van der Waals surface area contributed by atoms with Gasteiger partial charge in [0.15, 0.2) is 0 Å². The molecule has 0 radical (unpaired) electrons. The molecule has 0 saturated heterocycles. The van der Waals surface area contributed by atoms with Crippen molar-refractivity contribution < 1.29 is 14.3 Å². The summed E-state index contributed by atoms with van der Waals surface area (Å²) in [5.41, 5.74) is -3.15. The van der Waals surface area contributed by atoms with Gasteiger partial charge in [-0.05, 0) is 10.8 Å². The average molecular weight is 229 g/mol. The van der Waals surface area contributed by atoms with Gasteiger partial charge in [0.1, 0.15) is 6.07 Å². The second-order valence-corrected chi connectivity index (χ2v) is 3.60. The molecule has 2 rings (SSSR count). The summed E-state index contributed by atoms with van der Waals surface area (Å²) in [5.74, 6) is -1.80. The monoisotopic (exact) mass is 229 g/mol. The van der Waals surface area contributed by atoms with Crippen LogP contribution in [0, 0.1) is 11.3 Å². The fraction of sp³-hybridized carbons (Fsp3) is 0.0769. The number of nitriles is 1. The lowest BCUT2D eigenvalue weighted by molar-refractivity contribution is -0.147. The maximum atomic E-state index is 14.1. The van der Waals surface area contributed by atoms with Crippen molar-refractivity contribution in [2.45, 2.75) is 5.67 Å². The van der Waals surface area contributed by atoms with E-state index in [0.29, 0.717) is 10.8 Å².